The highest BCUT2D eigenvalue weighted by molar-refractivity contribution is 14.1. The minimum atomic E-state index is -0.422. The molecular weight excluding hydrogens is 547 g/mol. The van der Waals surface area contributed by atoms with Gasteiger partial charge >= 0.3 is 0 Å². The molecular formula is C24H25IN6O3. The summed E-state index contributed by atoms with van der Waals surface area (Å²) in [4.78, 5) is 28.4. The van der Waals surface area contributed by atoms with Crippen molar-refractivity contribution in [2.45, 2.75) is 25.4 Å². The molecule has 176 valence electrons. The number of benzene rings is 1. The van der Waals surface area contributed by atoms with E-state index >= 15 is 0 Å². The van der Waals surface area contributed by atoms with E-state index in [4.69, 9.17) is 13.5 Å². The van der Waals surface area contributed by atoms with E-state index in [0.717, 1.165) is 43.6 Å². The molecule has 2 aromatic heterocycles. The third-order valence-corrected chi connectivity index (χ3v) is 6.94. The summed E-state index contributed by atoms with van der Waals surface area (Å²) < 4.78 is 10.9. The van der Waals surface area contributed by atoms with Gasteiger partial charge in [-0.05, 0) is 42.5 Å². The Kier molecular flexibility index (Phi) is 6.88. The Morgan fingerprint density at radius 1 is 1.21 bits per heavy atom. The molecule has 5 rings (SSSR count). The second-order valence-corrected chi connectivity index (χ2v) is 8.88. The Morgan fingerprint density at radius 2 is 2.06 bits per heavy atom. The van der Waals surface area contributed by atoms with Crippen molar-refractivity contribution >= 4 is 46.1 Å². The molecule has 3 aromatic rings. The van der Waals surface area contributed by atoms with Crippen LogP contribution in [0.4, 0.5) is 17.2 Å². The van der Waals surface area contributed by atoms with Crippen molar-refractivity contribution in [1.29, 1.82) is 0 Å². The van der Waals surface area contributed by atoms with Crippen LogP contribution >= 0.6 is 23.0 Å². The maximum Gasteiger partial charge on any atom is 0.278 e. The van der Waals surface area contributed by atoms with E-state index in [-0.39, 0.29) is 17.6 Å². The third-order valence-electron chi connectivity index (χ3n) is 6.23. The van der Waals surface area contributed by atoms with Crippen molar-refractivity contribution in [3.63, 3.8) is 0 Å². The number of ether oxygens (including phenoxy) is 1. The quantitative estimate of drug-likeness (QED) is 0.447. The predicted molar refractivity (Wildman–Crippen MR) is 138 cm³/mol. The van der Waals surface area contributed by atoms with Crippen molar-refractivity contribution < 1.29 is 12.6 Å². The average Bonchev–Trinajstić information content (AvgIpc) is 2.89. The zero-order valence-corrected chi connectivity index (χ0v) is 20.7. The lowest BCUT2D eigenvalue weighted by Crippen LogP contribution is -2.36. The summed E-state index contributed by atoms with van der Waals surface area (Å²) in [6.07, 6.45) is 8.02. The number of aryl methyl sites for hydroxylation is 1. The van der Waals surface area contributed by atoms with Gasteiger partial charge in [-0.3, -0.25) is 9.78 Å². The van der Waals surface area contributed by atoms with Crippen LogP contribution in [-0.4, -0.2) is 53.3 Å². The third kappa shape index (κ3) is 4.84. The van der Waals surface area contributed by atoms with Gasteiger partial charge in [-0.2, -0.15) is 0 Å². The molecule has 2 aliphatic rings. The van der Waals surface area contributed by atoms with Crippen LogP contribution in [0.3, 0.4) is 0 Å². The molecule has 1 unspecified atom stereocenters. The summed E-state index contributed by atoms with van der Waals surface area (Å²) in [6, 6.07) is 8.12. The summed E-state index contributed by atoms with van der Waals surface area (Å²) in [5, 5.41) is 2.92. The van der Waals surface area contributed by atoms with Gasteiger partial charge in [-0.1, -0.05) is 12.1 Å². The summed E-state index contributed by atoms with van der Waals surface area (Å²) in [6.45, 7) is 2.77. The van der Waals surface area contributed by atoms with Crippen LogP contribution in [0.2, 0.25) is 0 Å². The molecule has 0 bridgehead atoms. The molecule has 34 heavy (non-hydrogen) atoms. The Morgan fingerprint density at radius 3 is 2.88 bits per heavy atom. The van der Waals surface area contributed by atoms with Gasteiger partial charge in [0.05, 0.1) is 48.8 Å². The zero-order chi connectivity index (χ0) is 23.5. The number of halogens is 1. The normalized spacial score (nSPS) is 17.8. The first-order chi connectivity index (χ1) is 16.6. The van der Waals surface area contributed by atoms with Gasteiger partial charge in [0, 0.05) is 24.8 Å². The number of amides is 1. The molecule has 1 saturated heterocycles. The SMILES string of the molecule is Nc1ncc(-c2ccc3c(c2)CCC(OI)C3)nc1C(=O)Nc1cnccc1N1CCOCC1. The largest absolute Gasteiger partial charge is 0.382 e. The van der Waals surface area contributed by atoms with Crippen LogP contribution in [0, 0.1) is 0 Å². The average molecular weight is 572 g/mol. The summed E-state index contributed by atoms with van der Waals surface area (Å²) in [5.41, 5.74) is 11.7. The number of fused-ring (bicyclic) bond motifs is 1. The molecule has 1 amide bonds. The van der Waals surface area contributed by atoms with E-state index in [2.05, 4.69) is 37.3 Å². The number of nitrogens with zero attached hydrogens (tertiary/aromatic N) is 4. The van der Waals surface area contributed by atoms with Gasteiger partial charge in [0.15, 0.2) is 11.5 Å². The molecule has 0 radical (unpaired) electrons. The number of carbonyl (C=O) groups is 1. The Hall–Kier alpha value is -2.83. The molecule has 1 aromatic carbocycles. The highest BCUT2D eigenvalue weighted by atomic mass is 127. The van der Waals surface area contributed by atoms with Gasteiger partial charge in [0.1, 0.15) is 23.0 Å². The molecule has 1 atom stereocenters. The molecule has 9 nitrogen and oxygen atoms in total. The van der Waals surface area contributed by atoms with E-state index in [1.54, 1.807) is 18.6 Å². The second-order valence-electron chi connectivity index (χ2n) is 8.37. The van der Waals surface area contributed by atoms with Crippen LogP contribution in [0.25, 0.3) is 11.3 Å². The Labute approximate surface area is 211 Å². The van der Waals surface area contributed by atoms with Gasteiger partial charge in [0.2, 0.25) is 0 Å². The number of anilines is 3. The molecule has 1 aliphatic carbocycles. The minimum absolute atomic E-state index is 0.0815. The predicted octanol–water partition coefficient (Wildman–Crippen LogP) is 3.43. The fourth-order valence-corrected chi connectivity index (χ4v) is 4.84. The number of pyridine rings is 1. The van der Waals surface area contributed by atoms with Crippen LogP contribution in [-0.2, 0) is 20.6 Å². The first-order valence-electron chi connectivity index (χ1n) is 11.2. The number of rotatable bonds is 5. The highest BCUT2D eigenvalue weighted by Crippen LogP contribution is 2.30. The van der Waals surface area contributed by atoms with Crippen LogP contribution in [0.1, 0.15) is 28.0 Å². The zero-order valence-electron chi connectivity index (χ0n) is 18.5. The monoisotopic (exact) mass is 572 g/mol. The fourth-order valence-electron chi connectivity index (χ4n) is 4.41. The van der Waals surface area contributed by atoms with Gasteiger partial charge < -0.3 is 23.8 Å². The van der Waals surface area contributed by atoms with Gasteiger partial charge in [-0.15, -0.1) is 0 Å². The number of nitrogens with one attached hydrogen (secondary N) is 1. The smallest absolute Gasteiger partial charge is 0.278 e. The van der Waals surface area contributed by atoms with E-state index < -0.39 is 5.91 Å². The van der Waals surface area contributed by atoms with E-state index in [1.165, 1.54) is 11.1 Å². The lowest BCUT2D eigenvalue weighted by Gasteiger charge is -2.30. The lowest BCUT2D eigenvalue weighted by molar-refractivity contribution is 0.102. The van der Waals surface area contributed by atoms with Crippen molar-refractivity contribution in [1.82, 2.24) is 15.0 Å². The molecule has 0 saturated carbocycles. The lowest BCUT2D eigenvalue weighted by atomic mass is 9.88. The van der Waals surface area contributed by atoms with Crippen molar-refractivity contribution in [3.05, 3.63) is 59.7 Å². The number of hydrogen-bond donors (Lipinski definition) is 2. The van der Waals surface area contributed by atoms with Crippen molar-refractivity contribution in [2.75, 3.05) is 42.3 Å². The number of hydrogen-bond acceptors (Lipinski definition) is 8. The van der Waals surface area contributed by atoms with E-state index in [1.807, 2.05) is 35.1 Å². The number of nitrogen functional groups attached to an aromatic ring is 1. The van der Waals surface area contributed by atoms with Crippen LogP contribution in [0.15, 0.2) is 42.9 Å². The maximum absolute atomic E-state index is 13.2. The molecule has 10 heteroatoms. The second kappa shape index (κ2) is 10.2. The van der Waals surface area contributed by atoms with Crippen LogP contribution in [0.5, 0.6) is 0 Å². The number of morpholine rings is 1. The van der Waals surface area contributed by atoms with Gasteiger partial charge in [-0.25, -0.2) is 9.97 Å². The first kappa shape index (κ1) is 22.9. The summed E-state index contributed by atoms with van der Waals surface area (Å²) >= 11 is 1.98. The number of carbonyl (C=O) groups excluding carboxylic acids is 1. The molecule has 1 aliphatic heterocycles. The Bertz CT molecular complexity index is 1200. The summed E-state index contributed by atoms with van der Waals surface area (Å²) in [5.74, 6) is -0.340. The maximum atomic E-state index is 13.2. The number of aromatic nitrogens is 3. The standard InChI is InChI=1S/C24H25IN6O3/c25-34-18-4-3-15-11-17(2-1-16(15)12-18)19-14-28-23(26)22(29-19)24(32)30-20-13-27-6-5-21(20)31-7-9-33-10-8-31/h1-2,5-6,11,13-14,18H,3-4,7-10,12H2,(H2,26,28)(H,30,32). The summed E-state index contributed by atoms with van der Waals surface area (Å²) in [7, 11) is 0. The minimum Gasteiger partial charge on any atom is -0.382 e. The fraction of sp³-hybridized carbons (Fsp3) is 0.333. The molecule has 3 heterocycles. The van der Waals surface area contributed by atoms with E-state index in [9.17, 15) is 4.79 Å². The molecule has 1 fully saturated rings. The van der Waals surface area contributed by atoms with Crippen LogP contribution < -0.4 is 16.0 Å². The van der Waals surface area contributed by atoms with Gasteiger partial charge in [0.25, 0.3) is 5.91 Å². The molecule has 0 spiro atoms. The number of nitrogens with two attached hydrogens (primary N) is 1. The topological polar surface area (TPSA) is 115 Å². The van der Waals surface area contributed by atoms with E-state index in [0.29, 0.717) is 24.6 Å². The first-order valence-corrected chi connectivity index (χ1v) is 12.1. The highest BCUT2D eigenvalue weighted by Gasteiger charge is 2.22. The van der Waals surface area contributed by atoms with Crippen molar-refractivity contribution in [3.8, 4) is 11.3 Å². The molecule has 3 N–H and O–H groups in total. The Balaban J connectivity index is 1.39. The van der Waals surface area contributed by atoms with Crippen molar-refractivity contribution in [2.24, 2.45) is 0 Å².